The molecule has 2 rings (SSSR count). The van der Waals surface area contributed by atoms with Crippen molar-refractivity contribution >= 4 is 11.4 Å². The lowest BCUT2D eigenvalue weighted by molar-refractivity contribution is 0.485. The zero-order valence-corrected chi connectivity index (χ0v) is 9.21. The Bertz CT molecular complexity index is 511. The fraction of sp³-hybridized carbons (Fsp3) is 0.167. The van der Waals surface area contributed by atoms with E-state index in [0.717, 1.165) is 6.07 Å². The van der Waals surface area contributed by atoms with Gasteiger partial charge in [-0.15, -0.1) is 0 Å². The number of nitrogens with two attached hydrogens (primary N) is 1. The van der Waals surface area contributed by atoms with Crippen LogP contribution in [-0.4, -0.2) is 0 Å². The van der Waals surface area contributed by atoms with Gasteiger partial charge >= 0.3 is 0 Å². The van der Waals surface area contributed by atoms with Crippen molar-refractivity contribution in [3.63, 3.8) is 0 Å². The van der Waals surface area contributed by atoms with Crippen molar-refractivity contribution in [1.29, 1.82) is 0 Å². The van der Waals surface area contributed by atoms with E-state index in [1.807, 2.05) is 0 Å². The van der Waals surface area contributed by atoms with Crippen LogP contribution in [-0.2, 0) is 0 Å². The third-order valence-electron chi connectivity index (χ3n) is 2.46. The van der Waals surface area contributed by atoms with Gasteiger partial charge in [-0.1, -0.05) is 0 Å². The molecule has 2 aromatic rings. The lowest BCUT2D eigenvalue weighted by atomic mass is 10.2. The normalized spacial score (nSPS) is 12.4. The minimum absolute atomic E-state index is 0.0473. The number of benzene rings is 1. The molecule has 0 bridgehead atoms. The van der Waals surface area contributed by atoms with E-state index in [9.17, 15) is 8.78 Å². The van der Waals surface area contributed by atoms with Gasteiger partial charge in [-0.3, -0.25) is 0 Å². The number of furan rings is 1. The number of nitrogen functional groups attached to an aromatic ring is 1. The third kappa shape index (κ3) is 2.22. The highest BCUT2D eigenvalue weighted by atomic mass is 19.2. The summed E-state index contributed by atoms with van der Waals surface area (Å²) in [6.07, 6.45) is 1.51. The van der Waals surface area contributed by atoms with Crippen LogP contribution in [0.3, 0.4) is 0 Å². The van der Waals surface area contributed by atoms with Crippen molar-refractivity contribution in [2.24, 2.45) is 0 Å². The highest BCUT2D eigenvalue weighted by molar-refractivity contribution is 5.67. The van der Waals surface area contributed by atoms with Crippen LogP contribution in [0.4, 0.5) is 20.2 Å². The number of hydrogen-bond donors (Lipinski definition) is 2. The molecule has 0 fully saturated rings. The van der Waals surface area contributed by atoms with Gasteiger partial charge in [-0.2, -0.15) is 0 Å². The van der Waals surface area contributed by atoms with Gasteiger partial charge in [0.1, 0.15) is 5.76 Å². The van der Waals surface area contributed by atoms with Crippen LogP contribution in [0.5, 0.6) is 0 Å². The highest BCUT2D eigenvalue weighted by Crippen LogP contribution is 2.28. The largest absolute Gasteiger partial charge is 0.467 e. The van der Waals surface area contributed by atoms with E-state index in [1.165, 1.54) is 12.3 Å². The molecule has 1 unspecified atom stereocenters. The van der Waals surface area contributed by atoms with Crippen LogP contribution in [0.1, 0.15) is 18.7 Å². The van der Waals surface area contributed by atoms with Gasteiger partial charge in [-0.05, 0) is 31.2 Å². The van der Waals surface area contributed by atoms with Gasteiger partial charge in [-0.25, -0.2) is 8.78 Å². The molecule has 1 heterocycles. The minimum Gasteiger partial charge on any atom is -0.467 e. The summed E-state index contributed by atoms with van der Waals surface area (Å²) in [5.41, 5.74) is 5.70. The number of hydrogen-bond acceptors (Lipinski definition) is 3. The number of halogens is 2. The van der Waals surface area contributed by atoms with E-state index in [4.69, 9.17) is 10.2 Å². The second-order valence-corrected chi connectivity index (χ2v) is 3.71. The Balaban J connectivity index is 2.27. The minimum atomic E-state index is -0.983. The average Bonchev–Trinajstić information content (AvgIpc) is 2.83. The summed E-state index contributed by atoms with van der Waals surface area (Å²) >= 11 is 0. The molecule has 3 nitrogen and oxygen atoms in total. The Hall–Kier alpha value is -2.04. The van der Waals surface area contributed by atoms with E-state index < -0.39 is 11.6 Å². The summed E-state index contributed by atoms with van der Waals surface area (Å²) < 4.78 is 31.7. The number of rotatable bonds is 3. The number of anilines is 2. The van der Waals surface area contributed by atoms with Crippen LogP contribution in [0.2, 0.25) is 0 Å². The summed E-state index contributed by atoms with van der Waals surface area (Å²) in [5.74, 6) is -1.30. The van der Waals surface area contributed by atoms with Crippen molar-refractivity contribution in [3.05, 3.63) is 47.9 Å². The monoisotopic (exact) mass is 238 g/mol. The summed E-state index contributed by atoms with van der Waals surface area (Å²) in [5, 5.41) is 2.79. The molecule has 1 aromatic carbocycles. The van der Waals surface area contributed by atoms with E-state index in [2.05, 4.69) is 5.32 Å². The van der Waals surface area contributed by atoms with Gasteiger partial charge in [0, 0.05) is 0 Å². The van der Waals surface area contributed by atoms with E-state index in [1.54, 1.807) is 19.1 Å². The maximum absolute atomic E-state index is 13.5. The maximum Gasteiger partial charge on any atom is 0.183 e. The topological polar surface area (TPSA) is 51.2 Å². The van der Waals surface area contributed by atoms with E-state index in [0.29, 0.717) is 5.76 Å². The fourth-order valence-electron chi connectivity index (χ4n) is 1.54. The molecule has 1 aromatic heterocycles. The second-order valence-electron chi connectivity index (χ2n) is 3.71. The molecular weight excluding hydrogens is 226 g/mol. The first-order valence-electron chi connectivity index (χ1n) is 5.13. The molecule has 3 N–H and O–H groups in total. The molecule has 5 heteroatoms. The second kappa shape index (κ2) is 4.45. The van der Waals surface area contributed by atoms with Crippen molar-refractivity contribution in [3.8, 4) is 0 Å². The molecule has 0 radical (unpaired) electrons. The van der Waals surface area contributed by atoms with Crippen molar-refractivity contribution in [2.75, 3.05) is 11.1 Å². The van der Waals surface area contributed by atoms with Crippen molar-refractivity contribution in [1.82, 2.24) is 0 Å². The number of nitrogens with one attached hydrogen (secondary N) is 1. The Labute approximate surface area is 97.2 Å². The first-order valence-corrected chi connectivity index (χ1v) is 5.13. The Kier molecular flexibility index (Phi) is 2.99. The molecule has 0 aliphatic heterocycles. The van der Waals surface area contributed by atoms with Crippen molar-refractivity contribution in [2.45, 2.75) is 13.0 Å². The van der Waals surface area contributed by atoms with Gasteiger partial charge < -0.3 is 15.5 Å². The van der Waals surface area contributed by atoms with Crippen molar-refractivity contribution < 1.29 is 13.2 Å². The fourth-order valence-corrected chi connectivity index (χ4v) is 1.54. The molecule has 0 amide bonds. The average molecular weight is 238 g/mol. The Morgan fingerprint density at radius 3 is 2.71 bits per heavy atom. The standard InChI is InChI=1S/C12H12F2N2O/c1-7(10-3-2-6-17-10)16-12-9(15)5-4-8(13)11(12)14/h2-7,16H,15H2,1H3. The van der Waals surface area contributed by atoms with Gasteiger partial charge in [0.15, 0.2) is 11.6 Å². The lowest BCUT2D eigenvalue weighted by Crippen LogP contribution is -2.10. The predicted molar refractivity (Wildman–Crippen MR) is 61.5 cm³/mol. The molecule has 0 aliphatic carbocycles. The first-order chi connectivity index (χ1) is 8.09. The summed E-state index contributed by atoms with van der Waals surface area (Å²) in [4.78, 5) is 0. The molecule has 90 valence electrons. The summed E-state index contributed by atoms with van der Waals surface area (Å²) in [6.45, 7) is 1.77. The molecule has 0 aliphatic rings. The predicted octanol–water partition coefficient (Wildman–Crippen LogP) is 3.31. The Morgan fingerprint density at radius 2 is 2.06 bits per heavy atom. The van der Waals surface area contributed by atoms with Gasteiger partial charge in [0.25, 0.3) is 0 Å². The van der Waals surface area contributed by atoms with E-state index in [-0.39, 0.29) is 17.4 Å². The summed E-state index contributed by atoms with van der Waals surface area (Å²) in [6, 6.07) is 5.47. The summed E-state index contributed by atoms with van der Waals surface area (Å²) in [7, 11) is 0. The van der Waals surface area contributed by atoms with E-state index >= 15 is 0 Å². The van der Waals surface area contributed by atoms with Gasteiger partial charge in [0.2, 0.25) is 0 Å². The third-order valence-corrected chi connectivity index (χ3v) is 2.46. The molecule has 0 saturated heterocycles. The van der Waals surface area contributed by atoms with Crippen LogP contribution >= 0.6 is 0 Å². The lowest BCUT2D eigenvalue weighted by Gasteiger charge is -2.15. The first kappa shape index (κ1) is 11.4. The molecule has 0 spiro atoms. The SMILES string of the molecule is CC(Nc1c(N)ccc(F)c1F)c1ccco1. The Morgan fingerprint density at radius 1 is 1.29 bits per heavy atom. The quantitative estimate of drug-likeness (QED) is 0.806. The zero-order chi connectivity index (χ0) is 12.4. The molecular formula is C12H12F2N2O. The van der Waals surface area contributed by atoms with Crippen LogP contribution in [0.15, 0.2) is 34.9 Å². The van der Waals surface area contributed by atoms with Crippen LogP contribution in [0, 0.1) is 11.6 Å². The van der Waals surface area contributed by atoms with Crippen LogP contribution in [0.25, 0.3) is 0 Å². The van der Waals surface area contributed by atoms with Gasteiger partial charge in [0.05, 0.1) is 23.7 Å². The molecule has 0 saturated carbocycles. The smallest absolute Gasteiger partial charge is 0.183 e. The molecule has 17 heavy (non-hydrogen) atoms. The maximum atomic E-state index is 13.5. The van der Waals surface area contributed by atoms with Crippen LogP contribution < -0.4 is 11.1 Å². The highest BCUT2D eigenvalue weighted by Gasteiger charge is 2.15. The molecule has 1 atom stereocenters. The zero-order valence-electron chi connectivity index (χ0n) is 9.21.